The van der Waals surface area contributed by atoms with Crippen LogP contribution in [0.3, 0.4) is 0 Å². The van der Waals surface area contributed by atoms with E-state index in [1.54, 1.807) is 0 Å². The summed E-state index contributed by atoms with van der Waals surface area (Å²) in [5, 5.41) is 2.06. The maximum absolute atomic E-state index is 5.82. The Hall–Kier alpha value is -0.0551. The van der Waals surface area contributed by atoms with Gasteiger partial charge in [-0.1, -0.05) is 13.8 Å². The second-order valence-corrected chi connectivity index (χ2v) is 3.78. The van der Waals surface area contributed by atoms with Gasteiger partial charge in [0, 0.05) is 25.0 Å². The predicted molar refractivity (Wildman–Crippen MR) is 47.5 cm³/mol. The van der Waals surface area contributed by atoms with Crippen molar-refractivity contribution < 1.29 is 4.74 Å². The summed E-state index contributed by atoms with van der Waals surface area (Å²) in [6.07, 6.45) is 0.974. The summed E-state index contributed by atoms with van der Waals surface area (Å²) in [7, 11) is 7.84. The fourth-order valence-electron chi connectivity index (χ4n) is 2.53. The van der Waals surface area contributed by atoms with Crippen LogP contribution in [0.1, 0.15) is 20.3 Å². The Labute approximate surface area is 74.8 Å². The zero-order valence-corrected chi connectivity index (χ0v) is 7.87. The van der Waals surface area contributed by atoms with Gasteiger partial charge in [-0.15, -0.1) is 0 Å². The van der Waals surface area contributed by atoms with E-state index in [1.165, 1.54) is 0 Å². The quantitative estimate of drug-likeness (QED) is 0.558. The monoisotopic (exact) mass is 166 g/mol. The summed E-state index contributed by atoms with van der Waals surface area (Å²) >= 11 is 0. The van der Waals surface area contributed by atoms with Gasteiger partial charge in [0.15, 0.2) is 0 Å². The van der Waals surface area contributed by atoms with Gasteiger partial charge in [-0.25, -0.2) is 10.4 Å². The van der Waals surface area contributed by atoms with Crippen molar-refractivity contribution in [3.05, 3.63) is 0 Å². The van der Waals surface area contributed by atoms with Crippen LogP contribution in [0.5, 0.6) is 0 Å². The Kier molecular flexibility index (Phi) is 1.76. The number of hydrogen-bond acceptors (Lipinski definition) is 3. The number of hydrogen-bond donors (Lipinski definition) is 1. The van der Waals surface area contributed by atoms with Gasteiger partial charge in [-0.3, -0.25) is 0 Å². The lowest BCUT2D eigenvalue weighted by molar-refractivity contribution is -0.165. The molecule has 0 spiro atoms. The standard InChI is InChI=1S/C8H15BN2O/c1-4-8-5(2)6(7(9)12-8)10-11(8)3/h5-7,10H,4H2,1-3H3/t5-,6?,7-,8-/m1/s1. The molecule has 2 radical (unpaired) electrons. The molecule has 1 unspecified atom stereocenters. The maximum Gasteiger partial charge on any atom is 0.136 e. The van der Waals surface area contributed by atoms with E-state index >= 15 is 0 Å². The van der Waals surface area contributed by atoms with E-state index in [2.05, 4.69) is 24.3 Å². The molecule has 4 heteroatoms. The largest absolute Gasteiger partial charge is 0.364 e. The lowest BCUT2D eigenvalue weighted by atomic mass is 9.86. The third-order valence-electron chi connectivity index (χ3n) is 3.36. The summed E-state index contributed by atoms with van der Waals surface area (Å²) in [5.41, 5.74) is 3.17. The Morgan fingerprint density at radius 2 is 2.33 bits per heavy atom. The highest BCUT2D eigenvalue weighted by Crippen LogP contribution is 2.44. The SMILES string of the molecule is [B][C@@H]1O[C@]2(CC)[C@H](C)C1NN2C. The first kappa shape index (κ1) is 8.54. The Bertz CT molecular complexity index is 201. The summed E-state index contributed by atoms with van der Waals surface area (Å²) in [6, 6.07) is 0.145. The van der Waals surface area contributed by atoms with Gasteiger partial charge >= 0.3 is 0 Å². The molecule has 0 aromatic heterocycles. The molecular formula is C8H15BN2O. The smallest absolute Gasteiger partial charge is 0.136 e. The second kappa shape index (κ2) is 2.47. The molecule has 4 atom stereocenters. The van der Waals surface area contributed by atoms with E-state index in [0.29, 0.717) is 5.92 Å². The second-order valence-electron chi connectivity index (χ2n) is 3.78. The van der Waals surface area contributed by atoms with Gasteiger partial charge in [-0.2, -0.15) is 0 Å². The van der Waals surface area contributed by atoms with Crippen molar-refractivity contribution in [2.24, 2.45) is 5.92 Å². The summed E-state index contributed by atoms with van der Waals surface area (Å²) in [6.45, 7) is 4.33. The van der Waals surface area contributed by atoms with E-state index in [9.17, 15) is 0 Å². The molecule has 0 saturated carbocycles. The van der Waals surface area contributed by atoms with Crippen LogP contribution in [0.15, 0.2) is 0 Å². The van der Waals surface area contributed by atoms with Crippen LogP contribution in [0.25, 0.3) is 0 Å². The number of fused-ring (bicyclic) bond motifs is 2. The first-order chi connectivity index (χ1) is 5.62. The number of ether oxygens (including phenoxy) is 1. The minimum absolute atomic E-state index is 0.142. The molecule has 2 saturated heterocycles. The van der Waals surface area contributed by atoms with Crippen molar-refractivity contribution >= 4 is 7.85 Å². The van der Waals surface area contributed by atoms with E-state index < -0.39 is 0 Å². The number of hydrazine groups is 1. The zero-order valence-electron chi connectivity index (χ0n) is 7.87. The van der Waals surface area contributed by atoms with Crippen LogP contribution in [0.2, 0.25) is 0 Å². The Morgan fingerprint density at radius 3 is 2.67 bits per heavy atom. The topological polar surface area (TPSA) is 24.5 Å². The Morgan fingerprint density at radius 1 is 1.67 bits per heavy atom. The highest BCUT2D eigenvalue weighted by molar-refractivity contribution is 6.11. The molecule has 0 amide bonds. The molecule has 66 valence electrons. The first-order valence-electron chi connectivity index (χ1n) is 4.55. The van der Waals surface area contributed by atoms with Gasteiger partial charge in [0.2, 0.25) is 0 Å². The molecule has 0 aromatic rings. The number of nitrogens with zero attached hydrogens (tertiary/aromatic N) is 1. The lowest BCUT2D eigenvalue weighted by Gasteiger charge is -2.38. The summed E-state index contributed by atoms with van der Waals surface area (Å²) in [4.78, 5) is 0. The molecule has 2 heterocycles. The van der Waals surface area contributed by atoms with Gasteiger partial charge in [0.25, 0.3) is 0 Å². The van der Waals surface area contributed by atoms with Crippen LogP contribution >= 0.6 is 0 Å². The molecule has 12 heavy (non-hydrogen) atoms. The average Bonchev–Trinajstić information content (AvgIpc) is 2.41. The molecule has 2 rings (SSSR count). The minimum atomic E-state index is -0.163. The molecule has 2 aliphatic rings. The van der Waals surface area contributed by atoms with Crippen LogP contribution in [-0.2, 0) is 4.74 Å². The van der Waals surface area contributed by atoms with Crippen LogP contribution in [0, 0.1) is 5.92 Å². The van der Waals surface area contributed by atoms with Gasteiger partial charge in [0.05, 0.1) is 0 Å². The maximum atomic E-state index is 5.82. The van der Waals surface area contributed by atoms with E-state index in [-0.39, 0.29) is 17.8 Å². The van der Waals surface area contributed by atoms with Crippen molar-refractivity contribution in [1.29, 1.82) is 0 Å². The first-order valence-corrected chi connectivity index (χ1v) is 4.55. The normalized spacial score (nSPS) is 53.4. The third-order valence-corrected chi connectivity index (χ3v) is 3.36. The Balaban J connectivity index is 2.30. The van der Waals surface area contributed by atoms with Gasteiger partial charge in [0.1, 0.15) is 13.6 Å². The molecule has 1 N–H and O–H groups in total. The fraction of sp³-hybridized carbons (Fsp3) is 1.00. The number of rotatable bonds is 1. The van der Waals surface area contributed by atoms with Crippen LogP contribution < -0.4 is 5.43 Å². The van der Waals surface area contributed by atoms with E-state index in [4.69, 9.17) is 12.6 Å². The van der Waals surface area contributed by atoms with E-state index in [0.717, 1.165) is 6.42 Å². The van der Waals surface area contributed by atoms with Crippen molar-refractivity contribution in [2.75, 3.05) is 7.05 Å². The zero-order chi connectivity index (χ0) is 8.93. The highest BCUT2D eigenvalue weighted by atomic mass is 16.5. The molecule has 2 bridgehead atoms. The van der Waals surface area contributed by atoms with Crippen molar-refractivity contribution in [3.63, 3.8) is 0 Å². The van der Waals surface area contributed by atoms with E-state index in [1.807, 2.05) is 7.05 Å². The van der Waals surface area contributed by atoms with Gasteiger partial charge < -0.3 is 4.74 Å². The molecule has 2 fully saturated rings. The van der Waals surface area contributed by atoms with Crippen molar-refractivity contribution in [1.82, 2.24) is 10.4 Å². The molecule has 3 nitrogen and oxygen atoms in total. The fourth-order valence-corrected chi connectivity index (χ4v) is 2.53. The number of nitrogens with one attached hydrogen (secondary N) is 1. The van der Waals surface area contributed by atoms with Crippen LogP contribution in [-0.4, -0.2) is 37.7 Å². The minimum Gasteiger partial charge on any atom is -0.364 e. The third kappa shape index (κ3) is 0.780. The van der Waals surface area contributed by atoms with Crippen LogP contribution in [0.4, 0.5) is 0 Å². The lowest BCUT2D eigenvalue weighted by Crippen LogP contribution is -2.55. The average molecular weight is 166 g/mol. The van der Waals surface area contributed by atoms with Crippen molar-refractivity contribution in [2.45, 2.75) is 38.0 Å². The van der Waals surface area contributed by atoms with Crippen molar-refractivity contribution in [3.8, 4) is 0 Å². The molecule has 2 aliphatic heterocycles. The summed E-state index contributed by atoms with van der Waals surface area (Å²) in [5.74, 6) is 0.475. The molecular weight excluding hydrogens is 151 g/mol. The molecule has 0 aromatic carbocycles. The predicted octanol–water partition coefficient (Wildman–Crippen LogP) is 0.0722. The highest BCUT2D eigenvalue weighted by Gasteiger charge is 2.58. The summed E-state index contributed by atoms with van der Waals surface area (Å²) < 4.78 is 5.76. The van der Waals surface area contributed by atoms with Gasteiger partial charge in [-0.05, 0) is 6.42 Å². The molecule has 0 aliphatic carbocycles.